The Morgan fingerprint density at radius 1 is 1.24 bits per heavy atom. The molecular formula is C19H27F3N4O5S2. The van der Waals surface area contributed by atoms with Crippen LogP contribution in [0.1, 0.15) is 36.4 Å². The molecule has 186 valence electrons. The summed E-state index contributed by atoms with van der Waals surface area (Å²) in [6, 6.07) is 0. The lowest BCUT2D eigenvalue weighted by molar-refractivity contribution is -0.192. The van der Waals surface area contributed by atoms with Crippen LogP contribution in [-0.4, -0.2) is 94.7 Å². The van der Waals surface area contributed by atoms with E-state index in [0.717, 1.165) is 30.1 Å². The van der Waals surface area contributed by atoms with Crippen LogP contribution < -0.4 is 0 Å². The molecule has 2 saturated heterocycles. The van der Waals surface area contributed by atoms with Crippen molar-refractivity contribution >= 4 is 33.2 Å². The van der Waals surface area contributed by atoms with Gasteiger partial charge in [-0.1, -0.05) is 0 Å². The number of carbonyl (C=O) groups is 2. The Bertz CT molecular complexity index is 986. The van der Waals surface area contributed by atoms with Crippen LogP contribution in [-0.2, 0) is 26.2 Å². The highest BCUT2D eigenvalue weighted by Crippen LogP contribution is 2.37. The molecule has 0 bridgehead atoms. The number of piperazine rings is 1. The summed E-state index contributed by atoms with van der Waals surface area (Å²) in [6.45, 7) is 4.90. The third-order valence-corrected chi connectivity index (χ3v) is 9.46. The third kappa shape index (κ3) is 5.66. The first-order chi connectivity index (χ1) is 15.3. The van der Waals surface area contributed by atoms with E-state index in [2.05, 4.69) is 9.88 Å². The summed E-state index contributed by atoms with van der Waals surface area (Å²) in [4.78, 5) is 30.7. The van der Waals surface area contributed by atoms with E-state index in [1.807, 2.05) is 24.3 Å². The first kappa shape index (κ1) is 25.8. The Morgan fingerprint density at radius 2 is 1.82 bits per heavy atom. The van der Waals surface area contributed by atoms with E-state index >= 15 is 0 Å². The summed E-state index contributed by atoms with van der Waals surface area (Å²) in [5.74, 6) is -2.63. The minimum absolute atomic E-state index is 0.125. The zero-order valence-corrected chi connectivity index (χ0v) is 20.0. The lowest BCUT2D eigenvalue weighted by Gasteiger charge is -2.51. The van der Waals surface area contributed by atoms with Crippen LogP contribution in [0.15, 0.2) is 5.38 Å². The molecule has 1 amide bonds. The average molecular weight is 513 g/mol. The highest BCUT2D eigenvalue weighted by atomic mass is 32.2. The van der Waals surface area contributed by atoms with Crippen LogP contribution in [0, 0.1) is 6.92 Å². The lowest BCUT2D eigenvalue weighted by atomic mass is 9.83. The fraction of sp³-hybridized carbons (Fsp3) is 0.737. The summed E-state index contributed by atoms with van der Waals surface area (Å²) < 4.78 is 58.3. The van der Waals surface area contributed by atoms with Gasteiger partial charge in [0.15, 0.2) is 0 Å². The number of likely N-dealkylation sites (N-methyl/N-ethyl adjacent to an activating group) is 1. The number of rotatable bonds is 4. The van der Waals surface area contributed by atoms with Crippen molar-refractivity contribution in [2.45, 2.75) is 56.1 Å². The molecule has 1 aliphatic carbocycles. The minimum Gasteiger partial charge on any atom is -0.475 e. The van der Waals surface area contributed by atoms with Crippen molar-refractivity contribution in [1.82, 2.24) is 19.1 Å². The molecule has 14 heteroatoms. The molecule has 3 fully saturated rings. The number of aryl methyl sites for hydroxylation is 1. The molecule has 1 saturated carbocycles. The first-order valence-corrected chi connectivity index (χ1v) is 12.9. The molecule has 1 N–H and O–H groups in total. The Kier molecular flexibility index (Phi) is 7.42. The second-order valence-electron chi connectivity index (χ2n) is 8.48. The van der Waals surface area contributed by atoms with Gasteiger partial charge in [-0.05, 0) is 39.7 Å². The van der Waals surface area contributed by atoms with Gasteiger partial charge in [0.25, 0.3) is 0 Å². The number of sulfonamides is 1. The van der Waals surface area contributed by atoms with Crippen LogP contribution in [0.3, 0.4) is 0 Å². The number of carboxylic acids is 1. The van der Waals surface area contributed by atoms with Crippen molar-refractivity contribution in [2.24, 2.45) is 0 Å². The molecule has 9 nitrogen and oxygen atoms in total. The molecule has 0 radical (unpaired) electrons. The normalized spacial score (nSPS) is 22.2. The third-order valence-electron chi connectivity index (χ3n) is 6.24. The van der Waals surface area contributed by atoms with E-state index < -0.39 is 27.7 Å². The predicted octanol–water partition coefficient (Wildman–Crippen LogP) is 1.69. The number of aromatic nitrogens is 1. The van der Waals surface area contributed by atoms with Crippen molar-refractivity contribution in [3.05, 3.63) is 16.1 Å². The number of alkyl halides is 3. The zero-order chi connectivity index (χ0) is 24.6. The molecule has 4 rings (SSSR count). The topological polar surface area (TPSA) is 111 Å². The SMILES string of the molecule is Cc1nc(CN2CCN(C)C3(CCN(S(=O)(=O)C4CC4)CC3)C2=O)cs1.O=C(O)C(F)(F)F. The smallest absolute Gasteiger partial charge is 0.475 e. The predicted molar refractivity (Wildman–Crippen MR) is 114 cm³/mol. The van der Waals surface area contributed by atoms with Gasteiger partial charge in [0, 0.05) is 31.6 Å². The number of amides is 1. The molecule has 0 unspecified atom stereocenters. The highest BCUT2D eigenvalue weighted by molar-refractivity contribution is 7.90. The summed E-state index contributed by atoms with van der Waals surface area (Å²) in [5, 5.41) is 9.97. The van der Waals surface area contributed by atoms with E-state index in [0.29, 0.717) is 39.0 Å². The summed E-state index contributed by atoms with van der Waals surface area (Å²) in [7, 11) is -1.16. The molecule has 1 spiro atoms. The standard InChI is InChI=1S/C17H26N4O3S2.C2HF3O2/c1-13-18-14(12-25-13)11-20-10-9-19(2)17(16(20)22)5-7-21(8-6-17)26(23,24)15-3-4-15;3-2(4,5)1(6)7/h12,15H,3-11H2,1-2H3;(H,6,7). The molecule has 3 aliphatic rings. The summed E-state index contributed by atoms with van der Waals surface area (Å²) in [6.07, 6.45) is -2.38. The second-order valence-corrected chi connectivity index (χ2v) is 11.8. The van der Waals surface area contributed by atoms with E-state index in [-0.39, 0.29) is 11.2 Å². The summed E-state index contributed by atoms with van der Waals surface area (Å²) >= 11 is 1.60. The van der Waals surface area contributed by atoms with Gasteiger partial charge in [-0.15, -0.1) is 11.3 Å². The van der Waals surface area contributed by atoms with Gasteiger partial charge in [0.05, 0.1) is 22.5 Å². The van der Waals surface area contributed by atoms with Gasteiger partial charge in [-0.2, -0.15) is 13.2 Å². The van der Waals surface area contributed by atoms with Gasteiger partial charge >= 0.3 is 12.1 Å². The zero-order valence-electron chi connectivity index (χ0n) is 18.3. The van der Waals surface area contributed by atoms with Gasteiger partial charge in [-0.3, -0.25) is 9.69 Å². The lowest BCUT2D eigenvalue weighted by Crippen LogP contribution is -2.67. The van der Waals surface area contributed by atoms with E-state index in [9.17, 15) is 26.4 Å². The Morgan fingerprint density at radius 3 is 2.27 bits per heavy atom. The minimum atomic E-state index is -5.08. The maximum absolute atomic E-state index is 13.3. The maximum atomic E-state index is 13.3. The number of hydrogen-bond donors (Lipinski definition) is 1. The van der Waals surface area contributed by atoms with Crippen molar-refractivity contribution in [1.29, 1.82) is 0 Å². The second kappa shape index (κ2) is 9.47. The molecule has 3 heterocycles. The Labute approximate surface area is 194 Å². The average Bonchev–Trinajstić information content (AvgIpc) is 3.52. The number of hydrogen-bond acceptors (Lipinski definition) is 7. The molecule has 0 atom stereocenters. The highest BCUT2D eigenvalue weighted by Gasteiger charge is 2.52. The van der Waals surface area contributed by atoms with Gasteiger partial charge in [0.2, 0.25) is 15.9 Å². The quantitative estimate of drug-likeness (QED) is 0.654. The van der Waals surface area contributed by atoms with E-state index in [4.69, 9.17) is 9.90 Å². The number of carbonyl (C=O) groups excluding carboxylic acids is 1. The Balaban J connectivity index is 0.000000383. The molecule has 0 aromatic carbocycles. The van der Waals surface area contributed by atoms with Gasteiger partial charge < -0.3 is 10.0 Å². The Hall–Kier alpha value is -1.77. The fourth-order valence-corrected chi connectivity index (χ4v) is 6.60. The number of carboxylic acid groups (broad SMARTS) is 1. The first-order valence-electron chi connectivity index (χ1n) is 10.5. The number of piperidine rings is 1. The molecular weight excluding hydrogens is 485 g/mol. The van der Waals surface area contributed by atoms with Crippen molar-refractivity contribution in [2.75, 3.05) is 33.2 Å². The van der Waals surface area contributed by atoms with Gasteiger partial charge in [-0.25, -0.2) is 22.5 Å². The van der Waals surface area contributed by atoms with Crippen LogP contribution in [0.4, 0.5) is 13.2 Å². The van der Waals surface area contributed by atoms with Crippen LogP contribution in [0.2, 0.25) is 0 Å². The van der Waals surface area contributed by atoms with Crippen molar-refractivity contribution in [3.8, 4) is 0 Å². The number of halogens is 3. The van der Waals surface area contributed by atoms with Gasteiger partial charge in [0.1, 0.15) is 5.54 Å². The fourth-order valence-electron chi connectivity index (χ4n) is 4.15. The number of thiazole rings is 1. The molecule has 2 aliphatic heterocycles. The van der Waals surface area contributed by atoms with Crippen LogP contribution in [0.5, 0.6) is 0 Å². The van der Waals surface area contributed by atoms with Crippen LogP contribution >= 0.6 is 11.3 Å². The van der Waals surface area contributed by atoms with E-state index in [1.54, 1.807) is 15.6 Å². The maximum Gasteiger partial charge on any atom is 0.490 e. The summed E-state index contributed by atoms with van der Waals surface area (Å²) in [5.41, 5.74) is 0.369. The number of nitrogens with zero attached hydrogens (tertiary/aromatic N) is 4. The molecule has 1 aromatic rings. The van der Waals surface area contributed by atoms with Crippen molar-refractivity contribution < 1.29 is 36.3 Å². The number of aliphatic carboxylic acids is 1. The largest absolute Gasteiger partial charge is 0.490 e. The van der Waals surface area contributed by atoms with Crippen molar-refractivity contribution in [3.63, 3.8) is 0 Å². The monoisotopic (exact) mass is 512 g/mol. The van der Waals surface area contributed by atoms with Crippen LogP contribution in [0.25, 0.3) is 0 Å². The van der Waals surface area contributed by atoms with E-state index in [1.165, 1.54) is 0 Å². The molecule has 1 aromatic heterocycles. The molecule has 33 heavy (non-hydrogen) atoms.